The average molecular weight is 248 g/mol. The van der Waals surface area contributed by atoms with Gasteiger partial charge in [-0.1, -0.05) is 13.0 Å². The molecule has 0 fully saturated rings. The van der Waals surface area contributed by atoms with Crippen molar-refractivity contribution in [2.75, 3.05) is 19.0 Å². The zero-order chi connectivity index (χ0) is 13.0. The number of rotatable bonds is 4. The first-order valence-corrected chi connectivity index (χ1v) is 6.45. The molecule has 18 heavy (non-hydrogen) atoms. The number of ether oxygens (including phenoxy) is 1. The smallest absolute Gasteiger partial charge is 0.227 e. The largest absolute Gasteiger partial charge is 0.491 e. The highest BCUT2D eigenvalue weighted by atomic mass is 16.5. The summed E-state index contributed by atoms with van der Waals surface area (Å²) in [6, 6.07) is 6.48. The van der Waals surface area contributed by atoms with E-state index in [1.54, 1.807) is 0 Å². The number of fused-ring (bicyclic) bond motifs is 1. The maximum atomic E-state index is 11.5. The van der Waals surface area contributed by atoms with Crippen LogP contribution in [0.25, 0.3) is 0 Å². The Hall–Kier alpha value is -1.55. The van der Waals surface area contributed by atoms with Crippen LogP contribution < -0.4 is 15.4 Å². The van der Waals surface area contributed by atoms with E-state index < -0.39 is 0 Å². The maximum absolute atomic E-state index is 11.5. The molecule has 4 heteroatoms. The standard InChI is InChI=1S/C14H20N2O2/c1-3-11(15-2)8-10-4-5-13-12(9-10)16-14(17)6-7-18-13/h4-5,9,11,15H,3,6-8H2,1-2H3,(H,16,17). The highest BCUT2D eigenvalue weighted by molar-refractivity contribution is 5.93. The van der Waals surface area contributed by atoms with Crippen molar-refractivity contribution in [1.82, 2.24) is 5.32 Å². The molecule has 0 spiro atoms. The van der Waals surface area contributed by atoms with Crippen LogP contribution in [0.1, 0.15) is 25.3 Å². The number of carbonyl (C=O) groups is 1. The summed E-state index contributed by atoms with van der Waals surface area (Å²) in [6.07, 6.45) is 2.45. The molecule has 1 aromatic carbocycles. The predicted molar refractivity (Wildman–Crippen MR) is 72.0 cm³/mol. The molecule has 0 radical (unpaired) electrons. The molecule has 0 aromatic heterocycles. The van der Waals surface area contributed by atoms with Crippen molar-refractivity contribution in [2.45, 2.75) is 32.2 Å². The van der Waals surface area contributed by atoms with Crippen LogP contribution in [-0.4, -0.2) is 25.6 Å². The number of hydrogen-bond donors (Lipinski definition) is 2. The Kier molecular flexibility index (Phi) is 4.20. The van der Waals surface area contributed by atoms with Crippen LogP contribution in [0.2, 0.25) is 0 Å². The van der Waals surface area contributed by atoms with Gasteiger partial charge in [0.1, 0.15) is 5.75 Å². The summed E-state index contributed by atoms with van der Waals surface area (Å²) in [4.78, 5) is 11.5. The molecular weight excluding hydrogens is 228 g/mol. The quantitative estimate of drug-likeness (QED) is 0.856. The number of likely N-dealkylation sites (N-methyl/N-ethyl adjacent to an activating group) is 1. The van der Waals surface area contributed by atoms with Gasteiger partial charge < -0.3 is 15.4 Å². The van der Waals surface area contributed by atoms with E-state index >= 15 is 0 Å². The molecule has 0 saturated carbocycles. The third kappa shape index (κ3) is 3.01. The first-order chi connectivity index (χ1) is 8.72. The molecule has 0 aliphatic carbocycles. The number of anilines is 1. The first kappa shape index (κ1) is 12.9. The topological polar surface area (TPSA) is 50.4 Å². The van der Waals surface area contributed by atoms with E-state index in [-0.39, 0.29) is 5.91 Å². The van der Waals surface area contributed by atoms with Crippen molar-refractivity contribution in [2.24, 2.45) is 0 Å². The fourth-order valence-corrected chi connectivity index (χ4v) is 2.13. The summed E-state index contributed by atoms with van der Waals surface area (Å²) < 4.78 is 5.53. The van der Waals surface area contributed by atoms with Crippen molar-refractivity contribution in [3.8, 4) is 5.75 Å². The van der Waals surface area contributed by atoms with E-state index in [0.717, 1.165) is 24.3 Å². The van der Waals surface area contributed by atoms with Crippen molar-refractivity contribution in [3.05, 3.63) is 23.8 Å². The van der Waals surface area contributed by atoms with Crippen LogP contribution in [0.5, 0.6) is 5.75 Å². The van der Waals surface area contributed by atoms with Gasteiger partial charge in [0, 0.05) is 6.04 Å². The number of amides is 1. The van der Waals surface area contributed by atoms with E-state index in [4.69, 9.17) is 4.74 Å². The Labute approximate surface area is 108 Å². The summed E-state index contributed by atoms with van der Waals surface area (Å²) in [5.41, 5.74) is 2.00. The Morgan fingerprint density at radius 3 is 3.06 bits per heavy atom. The second kappa shape index (κ2) is 5.87. The third-order valence-corrected chi connectivity index (χ3v) is 3.29. The Morgan fingerprint density at radius 1 is 1.50 bits per heavy atom. The molecule has 0 bridgehead atoms. The van der Waals surface area contributed by atoms with Gasteiger partial charge in [0.25, 0.3) is 0 Å². The third-order valence-electron chi connectivity index (χ3n) is 3.29. The van der Waals surface area contributed by atoms with Gasteiger partial charge >= 0.3 is 0 Å². The summed E-state index contributed by atoms with van der Waals surface area (Å²) in [7, 11) is 1.97. The van der Waals surface area contributed by atoms with E-state index in [9.17, 15) is 4.79 Å². The fraction of sp³-hybridized carbons (Fsp3) is 0.500. The second-order valence-corrected chi connectivity index (χ2v) is 4.58. The Balaban J connectivity index is 2.17. The zero-order valence-electron chi connectivity index (χ0n) is 11.0. The van der Waals surface area contributed by atoms with Gasteiger partial charge in [-0.2, -0.15) is 0 Å². The van der Waals surface area contributed by atoms with Gasteiger partial charge in [-0.15, -0.1) is 0 Å². The highest BCUT2D eigenvalue weighted by Gasteiger charge is 2.14. The minimum atomic E-state index is 0.0200. The van der Waals surface area contributed by atoms with Crippen molar-refractivity contribution < 1.29 is 9.53 Å². The zero-order valence-corrected chi connectivity index (χ0v) is 11.0. The van der Waals surface area contributed by atoms with Crippen LogP contribution in [0.3, 0.4) is 0 Å². The Morgan fingerprint density at radius 2 is 2.33 bits per heavy atom. The predicted octanol–water partition coefficient (Wildman–Crippen LogP) is 1.95. The summed E-state index contributed by atoms with van der Waals surface area (Å²) in [5, 5.41) is 6.17. The fourth-order valence-electron chi connectivity index (χ4n) is 2.13. The lowest BCUT2D eigenvalue weighted by Gasteiger charge is -2.15. The number of benzene rings is 1. The highest BCUT2D eigenvalue weighted by Crippen LogP contribution is 2.28. The molecule has 1 aromatic rings. The molecule has 1 aliphatic heterocycles. The van der Waals surface area contributed by atoms with E-state index in [1.165, 1.54) is 5.56 Å². The molecule has 98 valence electrons. The first-order valence-electron chi connectivity index (χ1n) is 6.45. The average Bonchev–Trinajstić information content (AvgIpc) is 2.56. The van der Waals surface area contributed by atoms with E-state index in [0.29, 0.717) is 19.1 Å². The van der Waals surface area contributed by atoms with E-state index in [2.05, 4.69) is 23.6 Å². The van der Waals surface area contributed by atoms with Crippen molar-refractivity contribution in [1.29, 1.82) is 0 Å². The molecule has 1 unspecified atom stereocenters. The van der Waals surface area contributed by atoms with Gasteiger partial charge in [-0.3, -0.25) is 4.79 Å². The van der Waals surface area contributed by atoms with Gasteiger partial charge in [0.15, 0.2) is 0 Å². The van der Waals surface area contributed by atoms with Crippen LogP contribution in [0, 0.1) is 0 Å². The number of carbonyl (C=O) groups excluding carboxylic acids is 1. The minimum absolute atomic E-state index is 0.0200. The summed E-state index contributed by atoms with van der Waals surface area (Å²) in [6.45, 7) is 2.61. The lowest BCUT2D eigenvalue weighted by Crippen LogP contribution is -2.26. The van der Waals surface area contributed by atoms with Gasteiger partial charge in [-0.05, 0) is 37.6 Å². The molecule has 2 rings (SSSR count). The second-order valence-electron chi connectivity index (χ2n) is 4.58. The molecule has 1 amide bonds. The number of nitrogens with one attached hydrogen (secondary N) is 2. The van der Waals surface area contributed by atoms with Gasteiger partial charge in [0.05, 0.1) is 18.7 Å². The minimum Gasteiger partial charge on any atom is -0.491 e. The number of hydrogen-bond acceptors (Lipinski definition) is 3. The lowest BCUT2D eigenvalue weighted by molar-refractivity contribution is -0.116. The molecule has 2 N–H and O–H groups in total. The lowest BCUT2D eigenvalue weighted by atomic mass is 10.0. The monoisotopic (exact) mass is 248 g/mol. The Bertz CT molecular complexity index is 428. The van der Waals surface area contributed by atoms with Crippen LogP contribution >= 0.6 is 0 Å². The molecule has 4 nitrogen and oxygen atoms in total. The maximum Gasteiger partial charge on any atom is 0.227 e. The summed E-state index contributed by atoms with van der Waals surface area (Å²) >= 11 is 0. The van der Waals surface area contributed by atoms with Gasteiger partial charge in [0.2, 0.25) is 5.91 Å². The van der Waals surface area contributed by atoms with Crippen molar-refractivity contribution in [3.63, 3.8) is 0 Å². The molecule has 1 heterocycles. The van der Waals surface area contributed by atoms with Crippen LogP contribution in [0.15, 0.2) is 18.2 Å². The van der Waals surface area contributed by atoms with Crippen molar-refractivity contribution >= 4 is 11.6 Å². The molecule has 0 saturated heterocycles. The molecule has 1 atom stereocenters. The molecule has 1 aliphatic rings. The SMILES string of the molecule is CCC(Cc1ccc2c(c1)NC(=O)CCO2)NC. The van der Waals surface area contributed by atoms with E-state index in [1.807, 2.05) is 19.2 Å². The summed E-state index contributed by atoms with van der Waals surface area (Å²) in [5.74, 6) is 0.786. The normalized spacial score (nSPS) is 16.2. The van der Waals surface area contributed by atoms with Crippen LogP contribution in [-0.2, 0) is 11.2 Å². The van der Waals surface area contributed by atoms with Crippen LogP contribution in [0.4, 0.5) is 5.69 Å². The molecular formula is C14H20N2O2. The van der Waals surface area contributed by atoms with Gasteiger partial charge in [-0.25, -0.2) is 0 Å².